The van der Waals surface area contributed by atoms with Crippen LogP contribution in [-0.2, 0) is 0 Å². The van der Waals surface area contributed by atoms with Crippen LogP contribution in [0.5, 0.6) is 0 Å². The van der Waals surface area contributed by atoms with Crippen LogP contribution in [0.15, 0.2) is 4.79 Å². The lowest BCUT2D eigenvalue weighted by Crippen LogP contribution is -2.09. The third-order valence-corrected chi connectivity index (χ3v) is 1.85. The van der Waals surface area contributed by atoms with Crippen LogP contribution in [-0.4, -0.2) is 20.2 Å². The van der Waals surface area contributed by atoms with Gasteiger partial charge in [-0.15, -0.1) is 0 Å². The fourth-order valence-corrected chi connectivity index (χ4v) is 1.28. The zero-order chi connectivity index (χ0) is 8.72. The molecule has 0 fully saturated rings. The zero-order valence-electron chi connectivity index (χ0n) is 6.26. The summed E-state index contributed by atoms with van der Waals surface area (Å²) in [7, 11) is 0. The molecule has 0 saturated carbocycles. The van der Waals surface area contributed by atoms with Gasteiger partial charge in [0.05, 0.1) is 11.2 Å². The van der Waals surface area contributed by atoms with E-state index in [9.17, 15) is 4.79 Å². The van der Waals surface area contributed by atoms with E-state index in [0.717, 1.165) is 5.69 Å². The number of aryl methyl sites for hydroxylation is 1. The van der Waals surface area contributed by atoms with Gasteiger partial charge in [0.15, 0.2) is 4.77 Å². The summed E-state index contributed by atoms with van der Waals surface area (Å²) in [6.45, 7) is 1.79. The van der Waals surface area contributed by atoms with Crippen molar-refractivity contribution in [3.8, 4) is 0 Å². The minimum absolute atomic E-state index is 0.261. The van der Waals surface area contributed by atoms with E-state index in [4.69, 9.17) is 12.2 Å². The molecular weight excluding hydrogens is 176 g/mol. The summed E-state index contributed by atoms with van der Waals surface area (Å²) in [5, 5.41) is 6.14. The monoisotopic (exact) mass is 182 g/mol. The highest BCUT2D eigenvalue weighted by molar-refractivity contribution is 7.71. The summed E-state index contributed by atoms with van der Waals surface area (Å²) in [6, 6.07) is 0. The van der Waals surface area contributed by atoms with Gasteiger partial charge in [-0.1, -0.05) is 0 Å². The van der Waals surface area contributed by atoms with Crippen molar-refractivity contribution < 1.29 is 0 Å². The minimum atomic E-state index is -0.261. The molecule has 0 aromatic carbocycles. The average molecular weight is 182 g/mol. The Labute approximate surface area is 71.8 Å². The van der Waals surface area contributed by atoms with Crippen molar-refractivity contribution in [2.45, 2.75) is 6.92 Å². The third kappa shape index (κ3) is 0.884. The number of hydrogen-bond acceptors (Lipinski definition) is 3. The summed E-state index contributed by atoms with van der Waals surface area (Å²) in [6.07, 6.45) is 0. The number of fused-ring (bicyclic) bond motifs is 1. The zero-order valence-corrected chi connectivity index (χ0v) is 7.08. The van der Waals surface area contributed by atoms with Crippen molar-refractivity contribution in [2.24, 2.45) is 0 Å². The second-order valence-corrected chi connectivity index (χ2v) is 2.88. The lowest BCUT2D eigenvalue weighted by molar-refractivity contribution is 0.965. The lowest BCUT2D eigenvalue weighted by Gasteiger charge is -1.90. The molecule has 2 rings (SSSR count). The fourth-order valence-electron chi connectivity index (χ4n) is 1.07. The number of rotatable bonds is 0. The van der Waals surface area contributed by atoms with Crippen LogP contribution in [0.25, 0.3) is 11.0 Å². The van der Waals surface area contributed by atoms with Crippen LogP contribution in [0.4, 0.5) is 0 Å². The average Bonchev–Trinajstić information content (AvgIpc) is 2.41. The predicted octanol–water partition coefficient (Wildman–Crippen LogP) is 0.617. The first-order valence-corrected chi connectivity index (χ1v) is 3.76. The Morgan fingerprint density at radius 2 is 2.00 bits per heavy atom. The van der Waals surface area contributed by atoms with E-state index < -0.39 is 0 Å². The van der Waals surface area contributed by atoms with E-state index in [0.29, 0.717) is 15.8 Å². The van der Waals surface area contributed by atoms with Gasteiger partial charge in [-0.2, -0.15) is 5.10 Å². The Balaban J connectivity index is 3.14. The molecular formula is C6H6N4OS. The summed E-state index contributed by atoms with van der Waals surface area (Å²) in [5.41, 5.74) is 1.58. The maximum Gasteiger partial charge on any atom is 0.290 e. The molecule has 0 radical (unpaired) electrons. The van der Waals surface area contributed by atoms with Gasteiger partial charge >= 0.3 is 0 Å². The van der Waals surface area contributed by atoms with Crippen molar-refractivity contribution in [1.29, 1.82) is 0 Å². The molecule has 5 nitrogen and oxygen atoms in total. The van der Waals surface area contributed by atoms with Crippen molar-refractivity contribution in [1.82, 2.24) is 20.2 Å². The topological polar surface area (TPSA) is 77.3 Å². The first kappa shape index (κ1) is 7.23. The molecule has 0 unspecified atom stereocenters. The number of hydrogen-bond donors (Lipinski definition) is 3. The molecule has 0 saturated heterocycles. The number of imidazole rings is 1. The van der Waals surface area contributed by atoms with Crippen molar-refractivity contribution in [3.63, 3.8) is 0 Å². The lowest BCUT2D eigenvalue weighted by atomic mass is 10.4. The van der Waals surface area contributed by atoms with Crippen LogP contribution in [0, 0.1) is 11.7 Å². The maximum atomic E-state index is 11.1. The summed E-state index contributed by atoms with van der Waals surface area (Å²) in [4.78, 5) is 16.7. The van der Waals surface area contributed by atoms with Crippen LogP contribution in [0.2, 0.25) is 0 Å². The molecule has 0 aliphatic carbocycles. The highest BCUT2D eigenvalue weighted by Crippen LogP contribution is 2.05. The van der Waals surface area contributed by atoms with E-state index >= 15 is 0 Å². The highest BCUT2D eigenvalue weighted by atomic mass is 32.1. The van der Waals surface area contributed by atoms with Crippen LogP contribution in [0.1, 0.15) is 5.69 Å². The normalized spacial score (nSPS) is 10.8. The SMILES string of the molecule is Cc1n[nH]c(=O)c2[nH]c(=S)[nH]c12. The summed E-state index contributed by atoms with van der Waals surface area (Å²) < 4.78 is 0.437. The molecule has 0 amide bonds. The molecule has 0 aliphatic rings. The second kappa shape index (κ2) is 2.28. The second-order valence-electron chi connectivity index (χ2n) is 2.47. The Kier molecular flexibility index (Phi) is 1.37. The third-order valence-electron chi connectivity index (χ3n) is 1.64. The van der Waals surface area contributed by atoms with E-state index in [1.165, 1.54) is 0 Å². The number of H-pyrrole nitrogens is 3. The Hall–Kier alpha value is -1.43. The standard InChI is InChI=1S/C6H6N4OS/c1-2-3-4(5(11)10-9-2)8-6(12)7-3/h1H3,(H,10,11)(H2,7,8,12). The van der Waals surface area contributed by atoms with Gasteiger partial charge in [0, 0.05) is 0 Å². The van der Waals surface area contributed by atoms with Gasteiger partial charge in [0.1, 0.15) is 5.52 Å². The van der Waals surface area contributed by atoms with E-state index in [1.54, 1.807) is 6.92 Å². The van der Waals surface area contributed by atoms with E-state index in [1.807, 2.05) is 0 Å². The van der Waals surface area contributed by atoms with E-state index in [-0.39, 0.29) is 5.56 Å². The smallest absolute Gasteiger partial charge is 0.290 e. The van der Waals surface area contributed by atoms with Crippen molar-refractivity contribution in [3.05, 3.63) is 20.8 Å². The molecule has 0 bridgehead atoms. The molecule has 0 aliphatic heterocycles. The number of aromatic nitrogens is 4. The van der Waals surface area contributed by atoms with Crippen LogP contribution in [0.3, 0.4) is 0 Å². The highest BCUT2D eigenvalue weighted by Gasteiger charge is 2.03. The van der Waals surface area contributed by atoms with Gasteiger partial charge in [-0.25, -0.2) is 5.10 Å². The molecule has 2 heterocycles. The first-order valence-electron chi connectivity index (χ1n) is 3.36. The van der Waals surface area contributed by atoms with Gasteiger partial charge in [0.25, 0.3) is 5.56 Å². The molecule has 0 spiro atoms. The fraction of sp³-hybridized carbons (Fsp3) is 0.167. The van der Waals surface area contributed by atoms with Gasteiger partial charge in [0.2, 0.25) is 0 Å². The molecule has 62 valence electrons. The molecule has 12 heavy (non-hydrogen) atoms. The van der Waals surface area contributed by atoms with Gasteiger partial charge < -0.3 is 9.97 Å². The number of nitrogens with one attached hydrogen (secondary N) is 3. The largest absolute Gasteiger partial charge is 0.329 e. The molecule has 0 atom stereocenters. The minimum Gasteiger partial charge on any atom is -0.329 e. The van der Waals surface area contributed by atoms with Crippen molar-refractivity contribution in [2.75, 3.05) is 0 Å². The Morgan fingerprint density at radius 1 is 1.33 bits per heavy atom. The van der Waals surface area contributed by atoms with E-state index in [2.05, 4.69) is 20.2 Å². The summed E-state index contributed by atoms with van der Waals surface area (Å²) >= 11 is 4.84. The predicted molar refractivity (Wildman–Crippen MR) is 46.6 cm³/mol. The molecule has 3 N–H and O–H groups in total. The van der Waals surface area contributed by atoms with Crippen LogP contribution >= 0.6 is 12.2 Å². The Bertz CT molecular complexity index is 534. The quantitative estimate of drug-likeness (QED) is 0.522. The maximum absolute atomic E-state index is 11.1. The number of nitrogens with zero attached hydrogens (tertiary/aromatic N) is 1. The summed E-state index contributed by atoms with van der Waals surface area (Å²) in [5.74, 6) is 0. The Morgan fingerprint density at radius 3 is 2.67 bits per heavy atom. The van der Waals surface area contributed by atoms with Gasteiger partial charge in [-0.05, 0) is 19.1 Å². The van der Waals surface area contributed by atoms with Crippen molar-refractivity contribution >= 4 is 23.3 Å². The van der Waals surface area contributed by atoms with Crippen LogP contribution < -0.4 is 5.56 Å². The first-order chi connectivity index (χ1) is 5.68. The van der Waals surface area contributed by atoms with Gasteiger partial charge in [-0.3, -0.25) is 4.79 Å². The number of aromatic amines is 3. The molecule has 6 heteroatoms. The molecule has 2 aromatic heterocycles. The molecule has 2 aromatic rings.